The highest BCUT2D eigenvalue weighted by atomic mass is 79.9. The van der Waals surface area contributed by atoms with Gasteiger partial charge in [-0.15, -0.1) is 0 Å². The molecule has 0 aromatic heterocycles. The van der Waals surface area contributed by atoms with Crippen molar-refractivity contribution in [1.29, 1.82) is 0 Å². The third-order valence-corrected chi connectivity index (χ3v) is 4.22. The molecular weight excluding hydrogens is 290 g/mol. The molecule has 0 radical (unpaired) electrons. The van der Waals surface area contributed by atoms with Gasteiger partial charge in [0.2, 0.25) is 0 Å². The number of nitrogens with one attached hydrogen (secondary N) is 1. The first-order chi connectivity index (χ1) is 8.58. The fourth-order valence-electron chi connectivity index (χ4n) is 1.88. The highest BCUT2D eigenvalue weighted by molar-refractivity contribution is 9.10. The minimum absolute atomic E-state index is 0.247. The summed E-state index contributed by atoms with van der Waals surface area (Å²) in [7, 11) is 0. The molecule has 0 bridgehead atoms. The van der Waals surface area contributed by atoms with Crippen molar-refractivity contribution < 1.29 is 4.74 Å². The lowest BCUT2D eigenvalue weighted by molar-refractivity contribution is 0.193. The van der Waals surface area contributed by atoms with E-state index in [1.54, 1.807) is 0 Å². The maximum Gasteiger partial charge on any atom is 0.120 e. The molecule has 0 saturated heterocycles. The zero-order chi connectivity index (χ0) is 13.5. The van der Waals surface area contributed by atoms with Crippen LogP contribution < -0.4 is 10.1 Å². The third kappa shape index (κ3) is 4.62. The van der Waals surface area contributed by atoms with Crippen molar-refractivity contribution in [2.45, 2.75) is 46.6 Å². The average Bonchev–Trinajstić information content (AvgIpc) is 2.34. The molecule has 18 heavy (non-hydrogen) atoms. The van der Waals surface area contributed by atoms with E-state index in [-0.39, 0.29) is 6.10 Å². The van der Waals surface area contributed by atoms with Gasteiger partial charge in [-0.25, -0.2) is 0 Å². The van der Waals surface area contributed by atoms with E-state index >= 15 is 0 Å². The summed E-state index contributed by atoms with van der Waals surface area (Å²) in [6.45, 7) is 10.5. The molecule has 102 valence electrons. The van der Waals surface area contributed by atoms with Crippen LogP contribution in [0.2, 0.25) is 0 Å². The quantitative estimate of drug-likeness (QED) is 0.761. The number of aryl methyl sites for hydroxylation is 2. The molecule has 1 aromatic rings. The zero-order valence-corrected chi connectivity index (χ0v) is 13.4. The van der Waals surface area contributed by atoms with Crippen molar-refractivity contribution in [1.82, 2.24) is 5.32 Å². The van der Waals surface area contributed by atoms with Gasteiger partial charge < -0.3 is 10.1 Å². The number of halogens is 1. The molecule has 0 saturated carbocycles. The van der Waals surface area contributed by atoms with Gasteiger partial charge in [-0.3, -0.25) is 0 Å². The van der Waals surface area contributed by atoms with E-state index in [1.165, 1.54) is 15.6 Å². The van der Waals surface area contributed by atoms with Gasteiger partial charge in [0.15, 0.2) is 0 Å². The number of ether oxygens (including phenoxy) is 1. The smallest absolute Gasteiger partial charge is 0.120 e. The Bertz CT molecular complexity index is 356. The lowest BCUT2D eigenvalue weighted by Crippen LogP contribution is -2.31. The average molecular weight is 314 g/mol. The van der Waals surface area contributed by atoms with Gasteiger partial charge in [0, 0.05) is 11.0 Å². The van der Waals surface area contributed by atoms with Crippen LogP contribution in [0.3, 0.4) is 0 Å². The minimum Gasteiger partial charge on any atom is -0.489 e. The third-order valence-electron chi connectivity index (χ3n) is 2.97. The van der Waals surface area contributed by atoms with Crippen LogP contribution in [-0.2, 0) is 0 Å². The molecule has 0 aliphatic heterocycles. The molecule has 0 aliphatic rings. The largest absolute Gasteiger partial charge is 0.489 e. The molecule has 0 amide bonds. The molecule has 0 aliphatic carbocycles. The van der Waals surface area contributed by atoms with Crippen LogP contribution in [0.25, 0.3) is 0 Å². The van der Waals surface area contributed by atoms with Crippen molar-refractivity contribution in [2.24, 2.45) is 0 Å². The Hall–Kier alpha value is -0.540. The van der Waals surface area contributed by atoms with E-state index in [2.05, 4.69) is 61.1 Å². The molecule has 2 nitrogen and oxygen atoms in total. The summed E-state index contributed by atoms with van der Waals surface area (Å²) in [6, 6.07) is 4.19. The molecule has 3 heteroatoms. The molecule has 1 unspecified atom stereocenters. The van der Waals surface area contributed by atoms with E-state index in [1.807, 2.05) is 0 Å². The van der Waals surface area contributed by atoms with Crippen molar-refractivity contribution in [2.75, 3.05) is 13.1 Å². The fourth-order valence-corrected chi connectivity index (χ4v) is 2.10. The predicted octanol–water partition coefficient (Wildman–Crippen LogP) is 4.22. The van der Waals surface area contributed by atoms with Gasteiger partial charge in [-0.1, -0.05) is 29.8 Å². The second kappa shape index (κ2) is 7.80. The van der Waals surface area contributed by atoms with Gasteiger partial charge in [-0.05, 0) is 56.5 Å². The van der Waals surface area contributed by atoms with Crippen LogP contribution in [-0.4, -0.2) is 19.2 Å². The van der Waals surface area contributed by atoms with Gasteiger partial charge in [0.25, 0.3) is 0 Å². The van der Waals surface area contributed by atoms with Crippen LogP contribution in [0.1, 0.15) is 37.8 Å². The summed E-state index contributed by atoms with van der Waals surface area (Å²) in [4.78, 5) is 0. The van der Waals surface area contributed by atoms with Crippen molar-refractivity contribution in [3.63, 3.8) is 0 Å². The normalized spacial score (nSPS) is 12.5. The Balaban J connectivity index is 2.64. The van der Waals surface area contributed by atoms with Gasteiger partial charge in [0.1, 0.15) is 11.9 Å². The second-order valence-corrected chi connectivity index (χ2v) is 5.52. The fraction of sp³-hybridized carbons (Fsp3) is 0.600. The van der Waals surface area contributed by atoms with Gasteiger partial charge in [0.05, 0.1) is 0 Å². The van der Waals surface area contributed by atoms with Crippen LogP contribution in [0, 0.1) is 13.8 Å². The maximum absolute atomic E-state index is 6.04. The van der Waals surface area contributed by atoms with Crippen LogP contribution in [0.5, 0.6) is 5.75 Å². The van der Waals surface area contributed by atoms with Gasteiger partial charge in [-0.2, -0.15) is 0 Å². The van der Waals surface area contributed by atoms with E-state index < -0.39 is 0 Å². The van der Waals surface area contributed by atoms with Crippen molar-refractivity contribution in [3.05, 3.63) is 27.7 Å². The number of rotatable bonds is 7. The molecule has 1 rings (SSSR count). The first-order valence-corrected chi connectivity index (χ1v) is 7.51. The standard InChI is InChI=1S/C15H24BrNO/c1-5-7-17-10-13(6-2)18-14-8-11(3)15(16)12(4)9-14/h8-9,13,17H,5-7,10H2,1-4H3. The molecule has 0 heterocycles. The molecular formula is C15H24BrNO. The van der Waals surface area contributed by atoms with E-state index in [0.29, 0.717) is 0 Å². The van der Waals surface area contributed by atoms with Crippen molar-refractivity contribution >= 4 is 15.9 Å². The first kappa shape index (κ1) is 15.5. The Morgan fingerprint density at radius 3 is 2.33 bits per heavy atom. The summed E-state index contributed by atoms with van der Waals surface area (Å²) < 4.78 is 7.22. The van der Waals surface area contributed by atoms with Crippen LogP contribution >= 0.6 is 15.9 Å². The monoisotopic (exact) mass is 313 g/mol. The summed E-state index contributed by atoms with van der Waals surface area (Å²) in [6.07, 6.45) is 2.43. The predicted molar refractivity (Wildman–Crippen MR) is 81.5 cm³/mol. The number of hydrogen-bond donors (Lipinski definition) is 1. The minimum atomic E-state index is 0.247. The summed E-state index contributed by atoms with van der Waals surface area (Å²) in [5.74, 6) is 0.971. The summed E-state index contributed by atoms with van der Waals surface area (Å²) in [5, 5.41) is 3.41. The topological polar surface area (TPSA) is 21.3 Å². The first-order valence-electron chi connectivity index (χ1n) is 6.72. The molecule has 0 spiro atoms. The van der Waals surface area contributed by atoms with E-state index in [4.69, 9.17) is 4.74 Å². The maximum atomic E-state index is 6.04. The molecule has 0 fully saturated rings. The number of benzene rings is 1. The Labute approximate surface area is 119 Å². The van der Waals surface area contributed by atoms with E-state index in [0.717, 1.165) is 31.7 Å². The lowest BCUT2D eigenvalue weighted by Gasteiger charge is -2.19. The Morgan fingerprint density at radius 2 is 1.83 bits per heavy atom. The van der Waals surface area contributed by atoms with Crippen LogP contribution in [0.4, 0.5) is 0 Å². The van der Waals surface area contributed by atoms with Crippen LogP contribution in [0.15, 0.2) is 16.6 Å². The SMILES string of the molecule is CCCNCC(CC)Oc1cc(C)c(Br)c(C)c1. The summed E-state index contributed by atoms with van der Waals surface area (Å²) in [5.41, 5.74) is 2.45. The highest BCUT2D eigenvalue weighted by Crippen LogP contribution is 2.27. The molecule has 1 N–H and O–H groups in total. The van der Waals surface area contributed by atoms with Crippen molar-refractivity contribution in [3.8, 4) is 5.75 Å². The Morgan fingerprint density at radius 1 is 1.22 bits per heavy atom. The molecule has 1 aromatic carbocycles. The number of hydrogen-bond acceptors (Lipinski definition) is 2. The zero-order valence-electron chi connectivity index (χ0n) is 11.8. The van der Waals surface area contributed by atoms with Gasteiger partial charge >= 0.3 is 0 Å². The highest BCUT2D eigenvalue weighted by Gasteiger charge is 2.09. The second-order valence-electron chi connectivity index (χ2n) is 4.72. The van der Waals surface area contributed by atoms with E-state index in [9.17, 15) is 0 Å². The lowest BCUT2D eigenvalue weighted by atomic mass is 10.1. The summed E-state index contributed by atoms with van der Waals surface area (Å²) >= 11 is 3.58. The molecule has 1 atom stereocenters. The Kier molecular flexibility index (Phi) is 6.72.